The Balaban J connectivity index is 1.16. The van der Waals surface area contributed by atoms with Crippen LogP contribution < -0.4 is 14.2 Å². The first-order chi connectivity index (χ1) is 20.9. The topological polar surface area (TPSA) is 80.7 Å². The average Bonchev–Trinajstić information content (AvgIpc) is 3.66. The molecule has 0 aromatic heterocycles. The summed E-state index contributed by atoms with van der Waals surface area (Å²) in [7, 11) is 3.23. The molecule has 1 aliphatic carbocycles. The molecule has 1 spiro atoms. The first-order valence-electron chi connectivity index (χ1n) is 15.2. The lowest BCUT2D eigenvalue weighted by Gasteiger charge is -2.36. The van der Waals surface area contributed by atoms with Crippen LogP contribution in [0.4, 0.5) is 0 Å². The van der Waals surface area contributed by atoms with Gasteiger partial charge in [-0.2, -0.15) is 5.10 Å². The number of hydrogen-bond donors (Lipinski definition) is 0. The number of aryl methyl sites for hydroxylation is 1. The minimum atomic E-state index is -0.593. The number of amides is 2. The summed E-state index contributed by atoms with van der Waals surface area (Å²) in [6.45, 7) is 3.53. The van der Waals surface area contributed by atoms with E-state index in [1.165, 1.54) is 0 Å². The molecule has 0 bridgehead atoms. The minimum absolute atomic E-state index is 0.00404. The van der Waals surface area contributed by atoms with Gasteiger partial charge in [0.15, 0.2) is 11.5 Å². The first-order valence-corrected chi connectivity index (χ1v) is 15.2. The van der Waals surface area contributed by atoms with Crippen molar-refractivity contribution in [2.45, 2.75) is 58.1 Å². The number of hydrogen-bond acceptors (Lipinski definition) is 6. The Bertz CT molecular complexity index is 1520. The summed E-state index contributed by atoms with van der Waals surface area (Å²) >= 11 is 0. The van der Waals surface area contributed by atoms with Crippen molar-refractivity contribution in [3.63, 3.8) is 0 Å². The number of carbonyl (C=O) groups is 2. The Hall–Kier alpha value is -4.33. The van der Waals surface area contributed by atoms with E-state index in [9.17, 15) is 9.59 Å². The number of nitrogens with zero attached hydrogens (tertiary/aromatic N) is 3. The number of likely N-dealkylation sites (tertiary alicyclic amines) is 1. The molecule has 224 valence electrons. The van der Waals surface area contributed by atoms with Gasteiger partial charge in [0.25, 0.3) is 11.8 Å². The van der Waals surface area contributed by atoms with Gasteiger partial charge < -0.3 is 19.1 Å². The van der Waals surface area contributed by atoms with E-state index in [-0.39, 0.29) is 17.9 Å². The van der Waals surface area contributed by atoms with E-state index in [1.54, 1.807) is 19.2 Å². The van der Waals surface area contributed by atoms with Crippen LogP contribution in [0, 0.1) is 12.3 Å². The lowest BCUT2D eigenvalue weighted by molar-refractivity contribution is -0.139. The Morgan fingerprint density at radius 1 is 0.930 bits per heavy atom. The lowest BCUT2D eigenvalue weighted by Crippen LogP contribution is -2.48. The van der Waals surface area contributed by atoms with E-state index in [0.29, 0.717) is 55.4 Å². The second kappa shape index (κ2) is 12.1. The third-order valence-electron chi connectivity index (χ3n) is 9.18. The van der Waals surface area contributed by atoms with Gasteiger partial charge in [-0.05, 0) is 74.1 Å². The molecule has 2 heterocycles. The zero-order chi connectivity index (χ0) is 30.0. The monoisotopic (exact) mass is 581 g/mol. The van der Waals surface area contributed by atoms with Crippen LogP contribution in [0.5, 0.6) is 17.2 Å². The normalized spacial score (nSPS) is 18.2. The molecule has 2 fully saturated rings. The Labute approximate surface area is 253 Å². The molecule has 43 heavy (non-hydrogen) atoms. The molecule has 0 atom stereocenters. The highest BCUT2D eigenvalue weighted by molar-refractivity contribution is 6.20. The zero-order valence-electron chi connectivity index (χ0n) is 25.2. The molecular weight excluding hydrogens is 542 g/mol. The molecule has 0 N–H and O–H groups in total. The smallest absolute Gasteiger partial charge is 0.255 e. The number of carbonyl (C=O) groups excluding carboxylic acids is 2. The predicted octanol–water partition coefficient (Wildman–Crippen LogP) is 6.00. The Kier molecular flexibility index (Phi) is 8.10. The minimum Gasteiger partial charge on any atom is -0.493 e. The van der Waals surface area contributed by atoms with Gasteiger partial charge in [-0.15, -0.1) is 0 Å². The summed E-state index contributed by atoms with van der Waals surface area (Å²) in [5, 5.41) is 6.75. The van der Waals surface area contributed by atoms with E-state index >= 15 is 0 Å². The highest BCUT2D eigenvalue weighted by Crippen LogP contribution is 2.48. The second-order valence-electron chi connectivity index (χ2n) is 11.7. The number of ether oxygens (including phenoxy) is 3. The van der Waals surface area contributed by atoms with Gasteiger partial charge >= 0.3 is 0 Å². The van der Waals surface area contributed by atoms with Gasteiger partial charge in [-0.3, -0.25) is 9.59 Å². The number of benzene rings is 3. The van der Waals surface area contributed by atoms with Crippen LogP contribution in [0.1, 0.15) is 65.6 Å². The first kappa shape index (κ1) is 28.8. The SMILES string of the molecule is COc1ccc(C2=NN(C3CCN(C(=O)c4cc(OCc5ccccc5)ccc4C)CC3)C(=O)C23CCCC3)cc1OC. The third kappa shape index (κ3) is 5.46. The summed E-state index contributed by atoms with van der Waals surface area (Å²) in [5.74, 6) is 2.04. The highest BCUT2D eigenvalue weighted by Gasteiger charge is 2.54. The number of piperidine rings is 1. The molecule has 2 aliphatic heterocycles. The standard InChI is InChI=1S/C35H39N3O5/c1-24-11-13-28(43-23-25-9-5-4-6-10-25)22-29(24)33(39)37-19-15-27(16-20-37)38-34(40)35(17-7-8-18-35)32(36-38)26-12-14-30(41-2)31(21-26)42-3/h4-6,9-14,21-22,27H,7-8,15-20,23H2,1-3H3. The molecule has 3 aromatic carbocycles. The van der Waals surface area contributed by atoms with Crippen LogP contribution in [0.25, 0.3) is 0 Å². The van der Waals surface area contributed by atoms with Gasteiger partial charge in [0.1, 0.15) is 12.4 Å². The maximum atomic E-state index is 14.0. The van der Waals surface area contributed by atoms with Gasteiger partial charge in [0, 0.05) is 24.2 Å². The molecule has 2 amide bonds. The van der Waals surface area contributed by atoms with Gasteiger partial charge in [-0.1, -0.05) is 49.2 Å². The molecule has 1 saturated heterocycles. The van der Waals surface area contributed by atoms with E-state index in [0.717, 1.165) is 48.1 Å². The maximum Gasteiger partial charge on any atom is 0.255 e. The second-order valence-corrected chi connectivity index (χ2v) is 11.7. The maximum absolute atomic E-state index is 14.0. The highest BCUT2D eigenvalue weighted by atomic mass is 16.5. The largest absolute Gasteiger partial charge is 0.493 e. The quantitative estimate of drug-likeness (QED) is 0.326. The predicted molar refractivity (Wildman–Crippen MR) is 165 cm³/mol. The van der Waals surface area contributed by atoms with Crippen molar-refractivity contribution in [3.8, 4) is 17.2 Å². The third-order valence-corrected chi connectivity index (χ3v) is 9.18. The molecule has 0 radical (unpaired) electrons. The summed E-state index contributed by atoms with van der Waals surface area (Å²) in [5.41, 5.74) is 3.78. The Morgan fingerprint density at radius 2 is 1.65 bits per heavy atom. The van der Waals surface area contributed by atoms with E-state index in [1.807, 2.05) is 78.6 Å². The summed E-state index contributed by atoms with van der Waals surface area (Å²) in [6.07, 6.45) is 4.97. The Morgan fingerprint density at radius 3 is 2.35 bits per heavy atom. The van der Waals surface area contributed by atoms with Crippen LogP contribution >= 0.6 is 0 Å². The number of methoxy groups -OCH3 is 2. The van der Waals surface area contributed by atoms with E-state index in [2.05, 4.69) is 0 Å². The van der Waals surface area contributed by atoms with Crippen molar-refractivity contribution in [1.29, 1.82) is 0 Å². The fourth-order valence-electron chi connectivity index (χ4n) is 6.71. The molecule has 0 unspecified atom stereocenters. The van der Waals surface area contributed by atoms with E-state index < -0.39 is 5.41 Å². The molecule has 3 aliphatic rings. The van der Waals surface area contributed by atoms with Crippen LogP contribution in [0.15, 0.2) is 71.8 Å². The van der Waals surface area contributed by atoms with Crippen molar-refractivity contribution in [2.75, 3.05) is 27.3 Å². The summed E-state index contributed by atoms with van der Waals surface area (Å²) in [4.78, 5) is 29.6. The van der Waals surface area contributed by atoms with Gasteiger partial charge in [-0.25, -0.2) is 5.01 Å². The van der Waals surface area contributed by atoms with Crippen LogP contribution in [-0.2, 0) is 11.4 Å². The van der Waals surface area contributed by atoms with Crippen molar-refractivity contribution in [3.05, 3.63) is 89.0 Å². The van der Waals surface area contributed by atoms with Crippen LogP contribution in [-0.4, -0.2) is 60.8 Å². The van der Waals surface area contributed by atoms with Gasteiger partial charge in [0.05, 0.1) is 31.4 Å². The average molecular weight is 582 g/mol. The van der Waals surface area contributed by atoms with Crippen LogP contribution in [0.2, 0.25) is 0 Å². The van der Waals surface area contributed by atoms with Crippen molar-refractivity contribution < 1.29 is 23.8 Å². The molecule has 8 heteroatoms. The fourth-order valence-corrected chi connectivity index (χ4v) is 6.71. The van der Waals surface area contributed by atoms with Crippen molar-refractivity contribution in [2.24, 2.45) is 10.5 Å². The van der Waals surface area contributed by atoms with Gasteiger partial charge in [0.2, 0.25) is 0 Å². The van der Waals surface area contributed by atoms with Crippen molar-refractivity contribution >= 4 is 17.5 Å². The summed E-state index contributed by atoms with van der Waals surface area (Å²) < 4.78 is 17.0. The molecular formula is C35H39N3O5. The number of rotatable bonds is 8. The molecule has 6 rings (SSSR count). The molecule has 8 nitrogen and oxygen atoms in total. The van der Waals surface area contributed by atoms with E-state index in [4.69, 9.17) is 19.3 Å². The van der Waals surface area contributed by atoms with Crippen molar-refractivity contribution in [1.82, 2.24) is 9.91 Å². The fraction of sp³-hybridized carbons (Fsp3) is 0.400. The molecule has 1 saturated carbocycles. The molecule has 3 aromatic rings. The summed E-state index contributed by atoms with van der Waals surface area (Å²) in [6, 6.07) is 21.4. The lowest BCUT2D eigenvalue weighted by atomic mass is 9.77. The van der Waals surface area contributed by atoms with Crippen LogP contribution in [0.3, 0.4) is 0 Å². The zero-order valence-corrected chi connectivity index (χ0v) is 25.2. The number of hydrazone groups is 1.